The van der Waals surface area contributed by atoms with Gasteiger partial charge in [0.25, 0.3) is 17.7 Å². The number of anilines is 1. The van der Waals surface area contributed by atoms with E-state index in [0.29, 0.717) is 50.5 Å². The van der Waals surface area contributed by atoms with Crippen molar-refractivity contribution in [3.8, 4) is 5.75 Å². The lowest BCUT2D eigenvalue weighted by atomic mass is 9.99. The number of methoxy groups -OCH3 is 1. The van der Waals surface area contributed by atoms with Crippen LogP contribution in [0.3, 0.4) is 0 Å². The molecular weight excluding hydrogens is 786 g/mol. The summed E-state index contributed by atoms with van der Waals surface area (Å²) in [5.41, 5.74) is 2.74. The number of carbonyl (C=O) groups is 6. The van der Waals surface area contributed by atoms with Gasteiger partial charge in [0.15, 0.2) is 0 Å². The van der Waals surface area contributed by atoms with Crippen molar-refractivity contribution in [3.63, 3.8) is 0 Å². The van der Waals surface area contributed by atoms with E-state index in [1.54, 1.807) is 43.3 Å². The summed E-state index contributed by atoms with van der Waals surface area (Å²) in [7, 11) is 1.27. The Morgan fingerprint density at radius 3 is 2.40 bits per heavy atom. The van der Waals surface area contributed by atoms with Crippen molar-refractivity contribution in [3.05, 3.63) is 80.2 Å². The zero-order valence-electron chi connectivity index (χ0n) is 32.4. The minimum Gasteiger partial charge on any atom is -0.493 e. The van der Waals surface area contributed by atoms with Crippen LogP contribution in [0.2, 0.25) is 5.02 Å². The Balaban J connectivity index is 1.000. The number of nitrogens with one attached hydrogen (secondary N) is 4. The van der Waals surface area contributed by atoms with Gasteiger partial charge in [0.05, 0.1) is 41.9 Å². The third kappa shape index (κ3) is 8.72. The highest BCUT2D eigenvalue weighted by atomic mass is 35.5. The van der Waals surface area contributed by atoms with Crippen LogP contribution in [0.4, 0.5) is 5.00 Å². The first kappa shape index (κ1) is 41.9. The fraction of sp³-hybridized carbons (Fsp3) is 0.390. The number of imide groups is 2. The number of unbranched alkanes of at least 4 members (excludes halogenated alkanes) is 5. The molecule has 3 aromatic rings. The van der Waals surface area contributed by atoms with Gasteiger partial charge in [-0.3, -0.25) is 59.7 Å². The Hall–Kier alpha value is -5.74. The van der Waals surface area contributed by atoms with Gasteiger partial charge in [-0.25, -0.2) is 0 Å². The number of benzene rings is 2. The Kier molecular flexibility index (Phi) is 13.2. The van der Waals surface area contributed by atoms with Crippen LogP contribution in [0.5, 0.6) is 5.75 Å². The molecule has 2 atom stereocenters. The zero-order valence-corrected chi connectivity index (χ0v) is 33.9. The zero-order chi connectivity index (χ0) is 41.7. The summed E-state index contributed by atoms with van der Waals surface area (Å²) in [4.78, 5) is 83.9. The molecule has 304 valence electrons. The summed E-state index contributed by atoms with van der Waals surface area (Å²) >= 11 is 7.36. The molecule has 58 heavy (non-hydrogen) atoms. The van der Waals surface area contributed by atoms with Crippen LogP contribution < -0.4 is 20.3 Å². The Morgan fingerprint density at radius 2 is 1.71 bits per heavy atom. The summed E-state index contributed by atoms with van der Waals surface area (Å²) in [5, 5.41) is 23.8. The maximum Gasteiger partial charge on any atom is 0.308 e. The number of hydrogen-bond donors (Lipinski definition) is 4. The average molecular weight is 830 g/mol. The minimum absolute atomic E-state index is 0.0435. The van der Waals surface area contributed by atoms with Crippen LogP contribution in [0.15, 0.2) is 47.5 Å². The third-order valence-electron chi connectivity index (χ3n) is 10.2. The van der Waals surface area contributed by atoms with E-state index >= 15 is 0 Å². The van der Waals surface area contributed by atoms with Crippen LogP contribution in [0.1, 0.15) is 112 Å². The van der Waals surface area contributed by atoms with Crippen molar-refractivity contribution >= 4 is 80.8 Å². The predicted octanol–water partition coefficient (Wildman–Crippen LogP) is 5.82. The number of thiophene rings is 1. The summed E-state index contributed by atoms with van der Waals surface area (Å²) in [6.07, 6.45) is 5.01. The molecule has 1 fully saturated rings. The number of aliphatic imine (C=N–C) groups is 1. The largest absolute Gasteiger partial charge is 0.493 e. The molecule has 0 radical (unpaired) electrons. The maximum absolute atomic E-state index is 13.6. The van der Waals surface area contributed by atoms with Crippen molar-refractivity contribution in [2.75, 3.05) is 25.2 Å². The van der Waals surface area contributed by atoms with Gasteiger partial charge >= 0.3 is 5.97 Å². The topological polar surface area (TPSA) is 211 Å². The molecule has 4 heterocycles. The second-order valence-electron chi connectivity index (χ2n) is 14.2. The normalized spacial score (nSPS) is 17.7. The number of nitrogens with zero attached hydrogens (tertiary/aromatic N) is 3. The highest BCUT2D eigenvalue weighted by molar-refractivity contribution is 7.19. The predicted molar refractivity (Wildman–Crippen MR) is 219 cm³/mol. The molecule has 0 saturated carbocycles. The third-order valence-corrected chi connectivity index (χ3v) is 11.7. The Morgan fingerprint density at radius 1 is 1.00 bits per heavy atom. The Labute approximate surface area is 344 Å². The van der Waals surface area contributed by atoms with Crippen molar-refractivity contribution in [1.82, 2.24) is 15.5 Å². The van der Waals surface area contributed by atoms with Gasteiger partial charge in [0, 0.05) is 29.1 Å². The minimum atomic E-state index is -1.04. The van der Waals surface area contributed by atoms with Gasteiger partial charge in [-0.2, -0.15) is 0 Å². The van der Waals surface area contributed by atoms with E-state index in [2.05, 4.69) is 10.6 Å². The number of amides is 5. The molecule has 17 heteroatoms. The molecule has 1 aromatic heterocycles. The molecule has 0 aliphatic carbocycles. The Bertz CT molecular complexity index is 2220. The van der Waals surface area contributed by atoms with Crippen LogP contribution in [-0.2, 0) is 19.1 Å². The molecule has 3 aliphatic heterocycles. The molecule has 4 N–H and O–H groups in total. The second-order valence-corrected chi connectivity index (χ2v) is 15.6. The number of esters is 1. The standard InChI is InChI=1S/C41H44ClN7O8S/c1-22-32-34(24-13-15-25(42)16-14-24)46-27(21-31(51)56-3)36(44)48(23(2)43)41(32)58-35(22)38(53)45-19-8-6-4-5-7-9-20-57-29-12-10-11-26-33(29)40(55)49(39(26)54)28-17-18-30(50)47-37(28)52/h10-16,27-28,43-44H,4-9,17-21H2,1-3H3,(H,45,53)(H,47,50,52). The fourth-order valence-corrected chi connectivity index (χ4v) is 8.65. The molecule has 2 unspecified atom stereocenters. The first-order valence-electron chi connectivity index (χ1n) is 19.1. The van der Waals surface area contributed by atoms with Gasteiger partial charge in [0.1, 0.15) is 34.5 Å². The summed E-state index contributed by atoms with van der Waals surface area (Å²) in [6, 6.07) is 9.85. The molecule has 1 saturated heterocycles. The number of hydrogen-bond acceptors (Lipinski definition) is 12. The van der Waals surface area contributed by atoms with Gasteiger partial charge in [-0.1, -0.05) is 55.5 Å². The lowest BCUT2D eigenvalue weighted by Gasteiger charge is -2.27. The van der Waals surface area contributed by atoms with E-state index in [1.807, 2.05) is 6.92 Å². The molecule has 6 rings (SSSR count). The van der Waals surface area contributed by atoms with E-state index in [4.69, 9.17) is 36.9 Å². The molecule has 0 bridgehead atoms. The van der Waals surface area contributed by atoms with E-state index in [0.717, 1.165) is 43.4 Å². The van der Waals surface area contributed by atoms with Gasteiger partial charge in [-0.15, -0.1) is 11.3 Å². The highest BCUT2D eigenvalue weighted by Gasteiger charge is 2.46. The van der Waals surface area contributed by atoms with E-state index < -0.39 is 41.7 Å². The molecular formula is C41H44ClN7O8S. The number of ether oxygens (including phenoxy) is 2. The molecule has 15 nitrogen and oxygen atoms in total. The molecule has 0 spiro atoms. The SMILES string of the molecule is COC(=O)CC1N=C(c2ccc(Cl)cc2)c2c(sc(C(=O)NCCCCCCCCOc3cccc4c3C(=O)N(C3CCC(=O)NC3=O)C4=O)c2C)N(C(C)=N)C1=N. The van der Waals surface area contributed by atoms with Gasteiger partial charge < -0.3 is 14.8 Å². The van der Waals surface area contributed by atoms with E-state index in [-0.39, 0.29) is 53.7 Å². The maximum atomic E-state index is 13.6. The van der Waals surface area contributed by atoms with Crippen LogP contribution >= 0.6 is 22.9 Å². The van der Waals surface area contributed by atoms with Crippen molar-refractivity contribution in [2.45, 2.75) is 83.7 Å². The fourth-order valence-electron chi connectivity index (χ4n) is 7.24. The van der Waals surface area contributed by atoms with Crippen LogP contribution in [0, 0.1) is 17.7 Å². The van der Waals surface area contributed by atoms with Crippen molar-refractivity contribution < 1.29 is 38.2 Å². The number of rotatable bonds is 15. The molecule has 3 aliphatic rings. The number of piperidine rings is 1. The summed E-state index contributed by atoms with van der Waals surface area (Å²) in [6.45, 7) is 4.15. The first-order chi connectivity index (χ1) is 27.8. The molecule has 2 aromatic carbocycles. The monoisotopic (exact) mass is 829 g/mol. The highest BCUT2D eigenvalue weighted by Crippen LogP contribution is 2.41. The van der Waals surface area contributed by atoms with Gasteiger partial charge in [-0.05, 0) is 62.9 Å². The quantitative estimate of drug-likeness (QED) is 0.0477. The van der Waals surface area contributed by atoms with Crippen LogP contribution in [-0.4, -0.2) is 90.1 Å². The number of halogens is 1. The van der Waals surface area contributed by atoms with E-state index in [9.17, 15) is 28.8 Å². The first-order valence-corrected chi connectivity index (χ1v) is 20.2. The van der Waals surface area contributed by atoms with E-state index in [1.165, 1.54) is 29.4 Å². The lowest BCUT2D eigenvalue weighted by Crippen LogP contribution is -2.54. The number of fused-ring (bicyclic) bond motifs is 2. The average Bonchev–Trinajstić information content (AvgIpc) is 3.61. The lowest BCUT2D eigenvalue weighted by molar-refractivity contribution is -0.140. The smallest absolute Gasteiger partial charge is 0.308 e. The van der Waals surface area contributed by atoms with Gasteiger partial charge in [0.2, 0.25) is 11.8 Å². The second kappa shape index (κ2) is 18.2. The van der Waals surface area contributed by atoms with Crippen molar-refractivity contribution in [1.29, 1.82) is 10.8 Å². The van der Waals surface area contributed by atoms with Crippen molar-refractivity contribution in [2.24, 2.45) is 4.99 Å². The molecule has 5 amide bonds. The summed E-state index contributed by atoms with van der Waals surface area (Å²) < 4.78 is 10.8. The summed E-state index contributed by atoms with van der Waals surface area (Å²) in [5.74, 6) is -2.83. The van der Waals surface area contributed by atoms with Crippen LogP contribution in [0.25, 0.3) is 0 Å². The number of amidine groups is 2. The number of carbonyl (C=O) groups excluding carboxylic acids is 6.